The van der Waals surface area contributed by atoms with Crippen molar-refractivity contribution in [1.82, 2.24) is 4.72 Å². The molecule has 0 saturated carbocycles. The summed E-state index contributed by atoms with van der Waals surface area (Å²) >= 11 is 0. The van der Waals surface area contributed by atoms with E-state index in [1.54, 1.807) is 12.1 Å². The van der Waals surface area contributed by atoms with Crippen molar-refractivity contribution in [3.05, 3.63) is 64.7 Å². The standard InChI is InChI=1S/C21H22N2O5S/c1-14-5-6-18(13-15(14)2)20(24)16(3)28-21(25)17-7-9-19(10-8-17)29(26,27)23-12-4-11-22/h5-10,13,16,23H,4,12H2,1-3H3. The maximum Gasteiger partial charge on any atom is 0.338 e. The first kappa shape index (κ1) is 22.3. The van der Waals surface area contributed by atoms with Gasteiger partial charge < -0.3 is 4.74 Å². The molecule has 1 N–H and O–H groups in total. The van der Waals surface area contributed by atoms with Crippen LogP contribution in [-0.4, -0.2) is 32.8 Å². The quantitative estimate of drug-likeness (QED) is 0.404. The van der Waals surface area contributed by atoms with E-state index in [-0.39, 0.29) is 29.2 Å². The van der Waals surface area contributed by atoms with Crippen LogP contribution in [0.15, 0.2) is 47.4 Å². The van der Waals surface area contributed by atoms with Crippen molar-refractivity contribution in [2.45, 2.75) is 38.2 Å². The molecule has 0 aliphatic carbocycles. The van der Waals surface area contributed by atoms with Gasteiger partial charge in [0.1, 0.15) is 0 Å². The van der Waals surface area contributed by atoms with Crippen molar-refractivity contribution >= 4 is 21.8 Å². The molecule has 0 aliphatic heterocycles. The zero-order valence-electron chi connectivity index (χ0n) is 16.4. The monoisotopic (exact) mass is 414 g/mol. The molecule has 1 unspecified atom stereocenters. The molecule has 2 aromatic carbocycles. The highest BCUT2D eigenvalue weighted by molar-refractivity contribution is 7.89. The number of ketones is 1. The van der Waals surface area contributed by atoms with Crippen molar-refractivity contribution in [2.24, 2.45) is 0 Å². The molecule has 0 heterocycles. The predicted molar refractivity (Wildman–Crippen MR) is 107 cm³/mol. The largest absolute Gasteiger partial charge is 0.451 e. The Morgan fingerprint density at radius 2 is 1.69 bits per heavy atom. The number of nitrogens with zero attached hydrogens (tertiary/aromatic N) is 1. The van der Waals surface area contributed by atoms with Gasteiger partial charge in [0.15, 0.2) is 6.10 Å². The molecule has 29 heavy (non-hydrogen) atoms. The van der Waals surface area contributed by atoms with E-state index in [4.69, 9.17) is 10.00 Å². The first-order valence-corrected chi connectivity index (χ1v) is 10.4. The molecule has 0 spiro atoms. The third-order valence-electron chi connectivity index (χ3n) is 4.37. The molecule has 0 radical (unpaired) electrons. The van der Waals surface area contributed by atoms with Crippen LogP contribution >= 0.6 is 0 Å². The van der Waals surface area contributed by atoms with Gasteiger partial charge in [0.25, 0.3) is 0 Å². The van der Waals surface area contributed by atoms with E-state index in [9.17, 15) is 18.0 Å². The number of sulfonamides is 1. The van der Waals surface area contributed by atoms with Crippen LogP contribution in [0.25, 0.3) is 0 Å². The van der Waals surface area contributed by atoms with Gasteiger partial charge in [0.05, 0.1) is 16.5 Å². The Labute approximate surface area is 170 Å². The Hall–Kier alpha value is -3.02. The lowest BCUT2D eigenvalue weighted by atomic mass is 10.0. The number of esters is 1. The van der Waals surface area contributed by atoms with E-state index in [0.717, 1.165) is 11.1 Å². The highest BCUT2D eigenvalue weighted by Gasteiger charge is 2.21. The average Bonchev–Trinajstić information content (AvgIpc) is 2.69. The van der Waals surface area contributed by atoms with Crippen LogP contribution in [0, 0.1) is 25.2 Å². The van der Waals surface area contributed by atoms with E-state index in [2.05, 4.69) is 4.72 Å². The predicted octanol–water partition coefficient (Wildman–Crippen LogP) is 2.92. The van der Waals surface area contributed by atoms with Gasteiger partial charge in [0, 0.05) is 18.5 Å². The van der Waals surface area contributed by atoms with Crippen LogP contribution in [0.1, 0.15) is 45.2 Å². The van der Waals surface area contributed by atoms with Crippen LogP contribution in [0.4, 0.5) is 0 Å². The summed E-state index contributed by atoms with van der Waals surface area (Å²) in [6.45, 7) is 5.33. The molecule has 2 rings (SSSR count). The van der Waals surface area contributed by atoms with Crippen molar-refractivity contribution in [3.8, 4) is 6.07 Å². The number of benzene rings is 2. The molecule has 0 aliphatic rings. The molecule has 0 fully saturated rings. The number of nitriles is 1. The number of hydrogen-bond acceptors (Lipinski definition) is 6. The highest BCUT2D eigenvalue weighted by Crippen LogP contribution is 2.15. The summed E-state index contributed by atoms with van der Waals surface area (Å²) in [5, 5.41) is 8.48. The molecular formula is C21H22N2O5S. The summed E-state index contributed by atoms with van der Waals surface area (Å²) in [6.07, 6.45) is -0.934. The second-order valence-corrected chi connectivity index (χ2v) is 8.31. The molecule has 0 amide bonds. The number of nitrogens with one attached hydrogen (secondary N) is 1. The fourth-order valence-electron chi connectivity index (χ4n) is 2.51. The normalized spacial score (nSPS) is 12.1. The van der Waals surface area contributed by atoms with E-state index >= 15 is 0 Å². The minimum absolute atomic E-state index is 0.000732. The first-order chi connectivity index (χ1) is 13.7. The molecule has 152 valence electrons. The molecule has 0 aromatic heterocycles. The third-order valence-corrected chi connectivity index (χ3v) is 5.85. The number of rotatable bonds is 8. The van der Waals surface area contributed by atoms with Crippen LogP contribution in [0.3, 0.4) is 0 Å². The van der Waals surface area contributed by atoms with Gasteiger partial charge in [-0.15, -0.1) is 0 Å². The van der Waals surface area contributed by atoms with Crippen molar-refractivity contribution in [1.29, 1.82) is 5.26 Å². The highest BCUT2D eigenvalue weighted by atomic mass is 32.2. The molecule has 1 atom stereocenters. The lowest BCUT2D eigenvalue weighted by molar-refractivity contribution is 0.0318. The maximum absolute atomic E-state index is 12.5. The van der Waals surface area contributed by atoms with Crippen LogP contribution in [0.2, 0.25) is 0 Å². The zero-order valence-corrected chi connectivity index (χ0v) is 17.2. The summed E-state index contributed by atoms with van der Waals surface area (Å²) in [5.74, 6) is -1.04. The number of hydrogen-bond donors (Lipinski definition) is 1. The minimum atomic E-state index is -3.76. The summed E-state index contributed by atoms with van der Waals surface area (Å²) in [6, 6.07) is 12.3. The lowest BCUT2D eigenvalue weighted by Crippen LogP contribution is -2.25. The summed E-state index contributed by atoms with van der Waals surface area (Å²) in [7, 11) is -3.76. The average molecular weight is 414 g/mol. The van der Waals surface area contributed by atoms with Crippen molar-refractivity contribution in [2.75, 3.05) is 6.54 Å². The number of carbonyl (C=O) groups excluding carboxylic acids is 2. The molecule has 7 nitrogen and oxygen atoms in total. The van der Waals surface area contributed by atoms with Crippen molar-refractivity contribution in [3.63, 3.8) is 0 Å². The summed E-state index contributed by atoms with van der Waals surface area (Å²) < 4.78 is 31.7. The second-order valence-electron chi connectivity index (χ2n) is 6.54. The number of aryl methyl sites for hydroxylation is 2. The topological polar surface area (TPSA) is 113 Å². The maximum atomic E-state index is 12.5. The van der Waals surface area contributed by atoms with Gasteiger partial charge in [-0.1, -0.05) is 12.1 Å². The smallest absolute Gasteiger partial charge is 0.338 e. The van der Waals surface area contributed by atoms with E-state index in [1.165, 1.54) is 31.2 Å². The molecule has 0 bridgehead atoms. The number of carbonyl (C=O) groups is 2. The third kappa shape index (κ3) is 5.73. The van der Waals surface area contributed by atoms with Crippen LogP contribution in [-0.2, 0) is 14.8 Å². The van der Waals surface area contributed by atoms with Gasteiger partial charge >= 0.3 is 5.97 Å². The molecule has 2 aromatic rings. The van der Waals surface area contributed by atoms with E-state index in [1.807, 2.05) is 26.0 Å². The molecule has 8 heteroatoms. The Morgan fingerprint density at radius 3 is 2.28 bits per heavy atom. The van der Waals surface area contributed by atoms with Gasteiger partial charge in [-0.2, -0.15) is 5.26 Å². The Balaban J connectivity index is 2.05. The Kier molecular flexibility index (Phi) is 7.26. The van der Waals surface area contributed by atoms with Crippen LogP contribution < -0.4 is 4.72 Å². The Morgan fingerprint density at radius 1 is 1.07 bits per heavy atom. The summed E-state index contributed by atoms with van der Waals surface area (Å²) in [5.41, 5.74) is 2.61. The van der Waals surface area contributed by atoms with Gasteiger partial charge in [0.2, 0.25) is 15.8 Å². The number of ether oxygens (including phenoxy) is 1. The fraction of sp³-hybridized carbons (Fsp3) is 0.286. The minimum Gasteiger partial charge on any atom is -0.451 e. The van der Waals surface area contributed by atoms with Gasteiger partial charge in [-0.25, -0.2) is 17.9 Å². The lowest BCUT2D eigenvalue weighted by Gasteiger charge is -2.13. The Bertz CT molecular complexity index is 1050. The first-order valence-electron chi connectivity index (χ1n) is 8.95. The van der Waals surface area contributed by atoms with Gasteiger partial charge in [-0.05, 0) is 62.2 Å². The second kappa shape index (κ2) is 9.45. The molecule has 0 saturated heterocycles. The fourth-order valence-corrected chi connectivity index (χ4v) is 3.54. The van der Waals surface area contributed by atoms with Gasteiger partial charge in [-0.3, -0.25) is 4.79 Å². The van der Waals surface area contributed by atoms with Crippen LogP contribution in [0.5, 0.6) is 0 Å². The van der Waals surface area contributed by atoms with Crippen molar-refractivity contribution < 1.29 is 22.7 Å². The van der Waals surface area contributed by atoms with E-state index < -0.39 is 22.1 Å². The molecular weight excluding hydrogens is 392 g/mol. The number of Topliss-reactive ketones (excluding diaryl/α,β-unsaturated/α-hetero) is 1. The summed E-state index contributed by atoms with van der Waals surface area (Å²) in [4.78, 5) is 24.8. The zero-order chi connectivity index (χ0) is 21.6. The SMILES string of the molecule is Cc1ccc(C(=O)C(C)OC(=O)c2ccc(S(=O)(=O)NCCC#N)cc2)cc1C. The van der Waals surface area contributed by atoms with E-state index in [0.29, 0.717) is 5.56 Å².